The third-order valence-electron chi connectivity index (χ3n) is 4.28. The highest BCUT2D eigenvalue weighted by Gasteiger charge is 2.21. The van der Waals surface area contributed by atoms with Crippen molar-refractivity contribution in [1.82, 2.24) is 9.80 Å². The average molecular weight is 288 g/mol. The van der Waals surface area contributed by atoms with Crippen LogP contribution < -0.4 is 0 Å². The quantitative estimate of drug-likeness (QED) is 0.777. The van der Waals surface area contributed by atoms with Crippen LogP contribution in [-0.2, 0) is 16.1 Å². The molecule has 114 valence electrons. The van der Waals surface area contributed by atoms with E-state index in [1.165, 1.54) is 11.1 Å². The summed E-state index contributed by atoms with van der Waals surface area (Å²) >= 11 is 0. The predicted octanol–water partition coefficient (Wildman–Crippen LogP) is 1.86. The Kier molecular flexibility index (Phi) is 5.51. The Balaban J connectivity index is 1.83. The summed E-state index contributed by atoms with van der Waals surface area (Å²) in [6.45, 7) is 4.85. The van der Waals surface area contributed by atoms with Crippen molar-refractivity contribution in [2.75, 3.05) is 26.7 Å². The molecule has 0 saturated carbocycles. The third-order valence-corrected chi connectivity index (χ3v) is 4.28. The van der Waals surface area contributed by atoms with E-state index >= 15 is 0 Å². The normalized spacial score (nSPS) is 16.7. The summed E-state index contributed by atoms with van der Waals surface area (Å²) in [5.74, 6) is 0.323. The van der Waals surface area contributed by atoms with E-state index in [1.807, 2.05) is 19.2 Å². The molecule has 0 spiro atoms. The monoisotopic (exact) mass is 288 g/mol. The van der Waals surface area contributed by atoms with Crippen LogP contribution in [0.2, 0.25) is 0 Å². The first-order chi connectivity index (χ1) is 10.1. The Morgan fingerprint density at radius 2 is 2.00 bits per heavy atom. The first-order valence-corrected chi connectivity index (χ1v) is 7.56. The number of hydrogen-bond acceptors (Lipinski definition) is 3. The van der Waals surface area contributed by atoms with Crippen LogP contribution in [0.1, 0.15) is 24.0 Å². The lowest BCUT2D eigenvalue weighted by Gasteiger charge is -2.30. The number of likely N-dealkylation sites (N-methyl/N-ethyl adjacent to an activating group) is 1. The molecule has 0 atom stereocenters. The fourth-order valence-electron chi connectivity index (χ4n) is 2.69. The average Bonchev–Trinajstić information content (AvgIpc) is 2.50. The highest BCUT2D eigenvalue weighted by atomic mass is 16.2. The summed E-state index contributed by atoms with van der Waals surface area (Å²) in [4.78, 5) is 27.0. The molecule has 4 heteroatoms. The van der Waals surface area contributed by atoms with Gasteiger partial charge in [0.2, 0.25) is 5.91 Å². The zero-order chi connectivity index (χ0) is 15.2. The second kappa shape index (κ2) is 7.36. The number of carbonyl (C=O) groups excluding carboxylic acids is 2. The lowest BCUT2D eigenvalue weighted by molar-refractivity contribution is -0.132. The summed E-state index contributed by atoms with van der Waals surface area (Å²) in [6, 6.07) is 8.15. The van der Waals surface area contributed by atoms with Crippen molar-refractivity contribution in [3.8, 4) is 0 Å². The van der Waals surface area contributed by atoms with Crippen molar-refractivity contribution in [3.05, 3.63) is 35.4 Å². The number of benzene rings is 1. The second-order valence-electron chi connectivity index (χ2n) is 5.93. The molecule has 1 aliphatic rings. The molecule has 1 aliphatic heterocycles. The van der Waals surface area contributed by atoms with Crippen molar-refractivity contribution in [2.45, 2.75) is 26.3 Å². The summed E-state index contributed by atoms with van der Waals surface area (Å²) in [5, 5.41) is 0. The Bertz CT molecular complexity index is 493. The fourth-order valence-corrected chi connectivity index (χ4v) is 2.69. The van der Waals surface area contributed by atoms with Crippen molar-refractivity contribution < 1.29 is 9.59 Å². The largest absolute Gasteiger partial charge is 0.340 e. The minimum atomic E-state index is 0.141. The number of aryl methyl sites for hydroxylation is 1. The van der Waals surface area contributed by atoms with Crippen LogP contribution in [0.5, 0.6) is 0 Å². The van der Waals surface area contributed by atoms with E-state index in [0.717, 1.165) is 32.2 Å². The first kappa shape index (κ1) is 15.7. The molecular formula is C17H24N2O2. The molecule has 0 unspecified atom stereocenters. The number of amides is 1. The topological polar surface area (TPSA) is 40.6 Å². The minimum Gasteiger partial charge on any atom is -0.340 e. The van der Waals surface area contributed by atoms with Gasteiger partial charge >= 0.3 is 0 Å². The van der Waals surface area contributed by atoms with Gasteiger partial charge in [-0.15, -0.1) is 0 Å². The van der Waals surface area contributed by atoms with Crippen LogP contribution in [0.15, 0.2) is 24.3 Å². The molecule has 2 rings (SSSR count). The number of rotatable bonds is 5. The van der Waals surface area contributed by atoms with Crippen LogP contribution in [0.25, 0.3) is 0 Å². The fraction of sp³-hybridized carbons (Fsp3) is 0.529. The molecule has 0 bridgehead atoms. The van der Waals surface area contributed by atoms with Gasteiger partial charge in [-0.3, -0.25) is 9.69 Å². The van der Waals surface area contributed by atoms with Gasteiger partial charge in [-0.25, -0.2) is 0 Å². The van der Waals surface area contributed by atoms with Crippen LogP contribution in [0, 0.1) is 12.8 Å². The second-order valence-corrected chi connectivity index (χ2v) is 5.93. The van der Waals surface area contributed by atoms with Crippen LogP contribution in [-0.4, -0.2) is 48.7 Å². The minimum absolute atomic E-state index is 0.141. The molecule has 1 fully saturated rings. The highest BCUT2D eigenvalue weighted by Crippen LogP contribution is 2.15. The number of piperidine rings is 1. The molecule has 4 nitrogen and oxygen atoms in total. The summed E-state index contributed by atoms with van der Waals surface area (Å²) in [6.07, 6.45) is 2.79. The number of nitrogens with zero attached hydrogens (tertiary/aromatic N) is 2. The Morgan fingerprint density at radius 1 is 1.33 bits per heavy atom. The van der Waals surface area contributed by atoms with Crippen LogP contribution >= 0.6 is 0 Å². The molecule has 0 aliphatic carbocycles. The zero-order valence-corrected chi connectivity index (χ0v) is 12.9. The van der Waals surface area contributed by atoms with E-state index in [1.54, 1.807) is 4.90 Å². The number of hydrogen-bond donors (Lipinski definition) is 0. The maximum absolute atomic E-state index is 12.3. The van der Waals surface area contributed by atoms with Crippen molar-refractivity contribution in [3.63, 3.8) is 0 Å². The molecule has 0 aromatic heterocycles. The Morgan fingerprint density at radius 3 is 2.62 bits per heavy atom. The van der Waals surface area contributed by atoms with E-state index in [-0.39, 0.29) is 11.8 Å². The lowest BCUT2D eigenvalue weighted by atomic mass is 9.99. The van der Waals surface area contributed by atoms with Gasteiger partial charge in [0, 0.05) is 19.5 Å². The molecule has 1 aromatic rings. The van der Waals surface area contributed by atoms with Gasteiger partial charge in [-0.05, 0) is 44.0 Å². The standard InChI is InChI=1S/C17H24N2O2/c1-14-5-3-4-6-16(14)11-18(2)17(21)12-19-9-7-15(13-20)8-10-19/h3-6,13,15H,7-12H2,1-2H3. The molecule has 1 heterocycles. The van der Waals surface area contributed by atoms with Crippen molar-refractivity contribution >= 4 is 12.2 Å². The maximum Gasteiger partial charge on any atom is 0.236 e. The van der Waals surface area contributed by atoms with Gasteiger partial charge in [0.1, 0.15) is 6.29 Å². The first-order valence-electron chi connectivity index (χ1n) is 7.56. The third kappa shape index (κ3) is 4.39. The van der Waals surface area contributed by atoms with Gasteiger partial charge in [0.25, 0.3) is 0 Å². The SMILES string of the molecule is Cc1ccccc1CN(C)C(=O)CN1CCC(C=O)CC1. The van der Waals surface area contributed by atoms with E-state index < -0.39 is 0 Å². The molecule has 1 amide bonds. The molecule has 1 saturated heterocycles. The highest BCUT2D eigenvalue weighted by molar-refractivity contribution is 5.78. The molecular weight excluding hydrogens is 264 g/mol. The maximum atomic E-state index is 12.3. The van der Waals surface area contributed by atoms with Gasteiger partial charge in [-0.2, -0.15) is 0 Å². The van der Waals surface area contributed by atoms with Gasteiger partial charge in [-0.1, -0.05) is 24.3 Å². The molecule has 21 heavy (non-hydrogen) atoms. The summed E-state index contributed by atoms with van der Waals surface area (Å²) in [7, 11) is 1.85. The molecule has 0 N–H and O–H groups in total. The molecule has 0 radical (unpaired) electrons. The van der Waals surface area contributed by atoms with E-state index in [9.17, 15) is 9.59 Å². The van der Waals surface area contributed by atoms with E-state index in [0.29, 0.717) is 13.1 Å². The molecule has 1 aromatic carbocycles. The van der Waals surface area contributed by atoms with E-state index in [2.05, 4.69) is 24.0 Å². The van der Waals surface area contributed by atoms with Gasteiger partial charge < -0.3 is 9.69 Å². The predicted molar refractivity (Wildman–Crippen MR) is 82.9 cm³/mol. The summed E-state index contributed by atoms with van der Waals surface area (Å²) in [5.41, 5.74) is 2.40. The van der Waals surface area contributed by atoms with Crippen LogP contribution in [0.3, 0.4) is 0 Å². The smallest absolute Gasteiger partial charge is 0.236 e. The number of likely N-dealkylation sites (tertiary alicyclic amines) is 1. The zero-order valence-electron chi connectivity index (χ0n) is 12.9. The Hall–Kier alpha value is -1.68. The number of aldehydes is 1. The lowest BCUT2D eigenvalue weighted by Crippen LogP contribution is -2.42. The van der Waals surface area contributed by atoms with Gasteiger partial charge in [0.15, 0.2) is 0 Å². The number of carbonyl (C=O) groups is 2. The van der Waals surface area contributed by atoms with Crippen molar-refractivity contribution in [1.29, 1.82) is 0 Å². The van der Waals surface area contributed by atoms with Crippen molar-refractivity contribution in [2.24, 2.45) is 5.92 Å². The Labute approximate surface area is 126 Å². The van der Waals surface area contributed by atoms with Crippen LogP contribution in [0.4, 0.5) is 0 Å². The van der Waals surface area contributed by atoms with Gasteiger partial charge in [0.05, 0.1) is 6.54 Å². The summed E-state index contributed by atoms with van der Waals surface area (Å²) < 4.78 is 0. The van der Waals surface area contributed by atoms with E-state index in [4.69, 9.17) is 0 Å².